The van der Waals surface area contributed by atoms with Crippen molar-refractivity contribution in [2.24, 2.45) is 4.99 Å². The van der Waals surface area contributed by atoms with Gasteiger partial charge in [0.15, 0.2) is 5.96 Å². The quantitative estimate of drug-likeness (QED) is 0.373. The molecule has 126 valence electrons. The van der Waals surface area contributed by atoms with Gasteiger partial charge >= 0.3 is 0 Å². The van der Waals surface area contributed by atoms with Gasteiger partial charge in [0, 0.05) is 25.1 Å². The van der Waals surface area contributed by atoms with E-state index in [0.717, 1.165) is 25.5 Å². The van der Waals surface area contributed by atoms with Crippen molar-refractivity contribution in [2.45, 2.75) is 32.7 Å². The maximum absolute atomic E-state index is 5.52. The van der Waals surface area contributed by atoms with Crippen molar-refractivity contribution < 1.29 is 9.47 Å². The van der Waals surface area contributed by atoms with Crippen LogP contribution in [0.3, 0.4) is 0 Å². The number of nitrogens with one attached hydrogen (secondary N) is 2. The molecule has 5 nitrogen and oxygen atoms in total. The lowest BCUT2D eigenvalue weighted by atomic mass is 10.3. The monoisotopic (exact) mass is 327 g/mol. The highest BCUT2D eigenvalue weighted by atomic mass is 32.1. The molecule has 0 aromatic carbocycles. The lowest BCUT2D eigenvalue weighted by Gasteiger charge is -2.16. The second-order valence-electron chi connectivity index (χ2n) is 4.96. The molecule has 1 atom stereocenters. The van der Waals surface area contributed by atoms with Crippen LogP contribution in [0.2, 0.25) is 0 Å². The molecule has 2 N–H and O–H groups in total. The summed E-state index contributed by atoms with van der Waals surface area (Å²) in [6, 6.07) is 4.43. The van der Waals surface area contributed by atoms with Crippen LogP contribution >= 0.6 is 11.3 Å². The summed E-state index contributed by atoms with van der Waals surface area (Å²) >= 11 is 1.74. The molecule has 0 fully saturated rings. The topological polar surface area (TPSA) is 54.9 Å². The van der Waals surface area contributed by atoms with E-state index in [1.54, 1.807) is 18.4 Å². The van der Waals surface area contributed by atoms with Gasteiger partial charge in [0.2, 0.25) is 0 Å². The highest BCUT2D eigenvalue weighted by Gasteiger charge is 2.07. The molecule has 22 heavy (non-hydrogen) atoms. The van der Waals surface area contributed by atoms with Crippen molar-refractivity contribution in [3.05, 3.63) is 22.4 Å². The van der Waals surface area contributed by atoms with E-state index in [0.29, 0.717) is 19.8 Å². The average molecular weight is 327 g/mol. The highest BCUT2D eigenvalue weighted by molar-refractivity contribution is 7.10. The highest BCUT2D eigenvalue weighted by Crippen LogP contribution is 2.17. The van der Waals surface area contributed by atoms with Crippen molar-refractivity contribution in [1.29, 1.82) is 0 Å². The average Bonchev–Trinajstić information content (AvgIpc) is 3.06. The minimum Gasteiger partial charge on any atom is -0.379 e. The molecule has 6 heteroatoms. The van der Waals surface area contributed by atoms with E-state index in [9.17, 15) is 0 Å². The fourth-order valence-corrected chi connectivity index (χ4v) is 2.55. The normalized spacial score (nSPS) is 13.1. The second kappa shape index (κ2) is 12.4. The number of guanidine groups is 1. The third kappa shape index (κ3) is 8.36. The zero-order chi connectivity index (χ0) is 16.0. The zero-order valence-corrected chi connectivity index (χ0v) is 14.7. The molecule has 1 heterocycles. The maximum Gasteiger partial charge on any atom is 0.191 e. The van der Waals surface area contributed by atoms with E-state index < -0.39 is 0 Å². The van der Waals surface area contributed by atoms with Crippen molar-refractivity contribution in [3.63, 3.8) is 0 Å². The number of hydrogen-bond donors (Lipinski definition) is 2. The number of hydrogen-bond acceptors (Lipinski definition) is 4. The molecule has 0 radical (unpaired) electrons. The third-order valence-electron chi connectivity index (χ3n) is 3.10. The Balaban J connectivity index is 2.05. The van der Waals surface area contributed by atoms with Gasteiger partial charge in [0.25, 0.3) is 0 Å². The Morgan fingerprint density at radius 1 is 1.27 bits per heavy atom. The van der Waals surface area contributed by atoms with Crippen molar-refractivity contribution in [2.75, 3.05) is 40.0 Å². The third-order valence-corrected chi connectivity index (χ3v) is 4.15. The van der Waals surface area contributed by atoms with Gasteiger partial charge in [-0.25, -0.2) is 0 Å². The predicted molar refractivity (Wildman–Crippen MR) is 93.8 cm³/mol. The van der Waals surface area contributed by atoms with Gasteiger partial charge in [-0.2, -0.15) is 0 Å². The van der Waals surface area contributed by atoms with Crippen LogP contribution in [0.5, 0.6) is 0 Å². The standard InChI is InChI=1S/C16H29N3O2S/c1-4-5-9-20-11-12-21-10-8-18-16(17-3)19-14(2)15-7-6-13-22-15/h6-7,13-14H,4-5,8-12H2,1-3H3,(H2,17,18,19). The first kappa shape index (κ1) is 18.9. The predicted octanol–water partition coefficient (Wildman–Crippen LogP) is 2.81. The lowest BCUT2D eigenvalue weighted by molar-refractivity contribution is 0.0487. The van der Waals surface area contributed by atoms with E-state index in [1.807, 2.05) is 0 Å². The molecule has 1 unspecified atom stereocenters. The van der Waals surface area contributed by atoms with Gasteiger partial charge in [-0.3, -0.25) is 4.99 Å². The first-order valence-corrected chi connectivity index (χ1v) is 8.82. The van der Waals surface area contributed by atoms with Crippen LogP contribution in [0.1, 0.15) is 37.6 Å². The summed E-state index contributed by atoms with van der Waals surface area (Å²) in [5.41, 5.74) is 0. The molecule has 1 rings (SSSR count). The Morgan fingerprint density at radius 3 is 2.68 bits per heavy atom. The minimum absolute atomic E-state index is 0.249. The maximum atomic E-state index is 5.52. The van der Waals surface area contributed by atoms with Crippen molar-refractivity contribution in [1.82, 2.24) is 10.6 Å². The molecule has 0 spiro atoms. The Bertz CT molecular complexity index is 396. The molecule has 0 amide bonds. The van der Waals surface area contributed by atoms with E-state index in [4.69, 9.17) is 9.47 Å². The molecule has 1 aromatic rings. The summed E-state index contributed by atoms with van der Waals surface area (Å²) in [5, 5.41) is 8.70. The van der Waals surface area contributed by atoms with E-state index in [-0.39, 0.29) is 6.04 Å². The molecule has 0 aliphatic carbocycles. The van der Waals surface area contributed by atoms with Crippen LogP contribution in [0.4, 0.5) is 0 Å². The Morgan fingerprint density at radius 2 is 2.05 bits per heavy atom. The fraction of sp³-hybridized carbons (Fsp3) is 0.688. The number of unbranched alkanes of at least 4 members (excludes halogenated alkanes) is 1. The largest absolute Gasteiger partial charge is 0.379 e. The SMILES string of the molecule is CCCCOCCOCCNC(=NC)NC(C)c1cccs1. The Labute approximate surface area is 138 Å². The summed E-state index contributed by atoms with van der Waals surface area (Å²) in [6.07, 6.45) is 2.28. The first-order valence-electron chi connectivity index (χ1n) is 7.94. The van der Waals surface area contributed by atoms with Gasteiger partial charge in [0.1, 0.15) is 0 Å². The summed E-state index contributed by atoms with van der Waals surface area (Å²) in [4.78, 5) is 5.52. The molecule has 1 aromatic heterocycles. The molecule has 0 saturated carbocycles. The van der Waals surface area contributed by atoms with Gasteiger partial charge in [-0.1, -0.05) is 19.4 Å². The molecule has 0 aliphatic rings. The Kier molecular flexibility index (Phi) is 10.7. The van der Waals surface area contributed by atoms with Crippen molar-refractivity contribution >= 4 is 17.3 Å². The van der Waals surface area contributed by atoms with E-state index in [2.05, 4.69) is 47.0 Å². The van der Waals surface area contributed by atoms with Gasteiger partial charge in [-0.05, 0) is 24.8 Å². The van der Waals surface area contributed by atoms with Gasteiger partial charge in [-0.15, -0.1) is 11.3 Å². The Hall–Kier alpha value is -1.11. The molecule has 0 bridgehead atoms. The molecular weight excluding hydrogens is 298 g/mol. The van der Waals surface area contributed by atoms with Crippen LogP contribution in [0.25, 0.3) is 0 Å². The van der Waals surface area contributed by atoms with Gasteiger partial charge in [0.05, 0.1) is 25.9 Å². The number of ether oxygens (including phenoxy) is 2. The summed E-state index contributed by atoms with van der Waals surface area (Å²) in [7, 11) is 1.78. The van der Waals surface area contributed by atoms with E-state index >= 15 is 0 Å². The summed E-state index contributed by atoms with van der Waals surface area (Å²) < 4.78 is 11.0. The fourth-order valence-electron chi connectivity index (χ4n) is 1.82. The number of thiophene rings is 1. The van der Waals surface area contributed by atoms with Crippen molar-refractivity contribution in [3.8, 4) is 0 Å². The van der Waals surface area contributed by atoms with Crippen LogP contribution < -0.4 is 10.6 Å². The first-order chi connectivity index (χ1) is 10.8. The minimum atomic E-state index is 0.249. The van der Waals surface area contributed by atoms with Crippen LogP contribution in [-0.2, 0) is 9.47 Å². The summed E-state index contributed by atoms with van der Waals surface area (Å²) in [5.74, 6) is 0.795. The van der Waals surface area contributed by atoms with Gasteiger partial charge < -0.3 is 20.1 Å². The second-order valence-corrected chi connectivity index (χ2v) is 5.94. The van der Waals surface area contributed by atoms with Crippen LogP contribution in [0, 0.1) is 0 Å². The van der Waals surface area contributed by atoms with Crippen LogP contribution in [-0.4, -0.2) is 46.0 Å². The number of aliphatic imine (C=N–C) groups is 1. The smallest absolute Gasteiger partial charge is 0.191 e. The number of rotatable bonds is 11. The lowest BCUT2D eigenvalue weighted by Crippen LogP contribution is -2.40. The van der Waals surface area contributed by atoms with E-state index in [1.165, 1.54) is 11.3 Å². The molecular formula is C16H29N3O2S. The molecule has 0 aliphatic heterocycles. The molecule has 0 saturated heterocycles. The zero-order valence-electron chi connectivity index (χ0n) is 13.9. The summed E-state index contributed by atoms with van der Waals surface area (Å²) in [6.45, 7) is 7.80. The number of nitrogens with zero attached hydrogens (tertiary/aromatic N) is 1. The van der Waals surface area contributed by atoms with Crippen LogP contribution in [0.15, 0.2) is 22.5 Å².